The molecule has 0 bridgehead atoms. The molecular weight excluding hydrogens is 176 g/mol. The molecule has 2 nitrogen and oxygen atoms in total. The molecule has 1 aromatic carbocycles. The van der Waals surface area contributed by atoms with E-state index in [2.05, 4.69) is 12.1 Å². The number of carbonyl (C=O) groups is 1. The van der Waals surface area contributed by atoms with Gasteiger partial charge in [0.05, 0.1) is 12.2 Å². The SMILES string of the molecule is O=C1CCCc2ccc3c(c21)OCC3. The van der Waals surface area contributed by atoms with Gasteiger partial charge in [-0.1, -0.05) is 12.1 Å². The third-order valence-electron chi connectivity index (χ3n) is 3.07. The average molecular weight is 188 g/mol. The lowest BCUT2D eigenvalue weighted by Gasteiger charge is -2.17. The maximum Gasteiger partial charge on any atom is 0.166 e. The molecule has 1 aliphatic carbocycles. The molecular formula is C12H12O2. The molecule has 0 radical (unpaired) electrons. The molecule has 0 saturated heterocycles. The molecule has 1 heterocycles. The van der Waals surface area contributed by atoms with Crippen LogP contribution in [-0.4, -0.2) is 12.4 Å². The Kier molecular flexibility index (Phi) is 1.63. The highest BCUT2D eigenvalue weighted by Crippen LogP contribution is 2.35. The smallest absolute Gasteiger partial charge is 0.166 e. The van der Waals surface area contributed by atoms with Gasteiger partial charge >= 0.3 is 0 Å². The van der Waals surface area contributed by atoms with E-state index < -0.39 is 0 Å². The number of hydrogen-bond acceptors (Lipinski definition) is 2. The highest BCUT2D eigenvalue weighted by molar-refractivity contribution is 6.01. The fourth-order valence-electron chi connectivity index (χ4n) is 2.37. The Balaban J connectivity index is 2.24. The van der Waals surface area contributed by atoms with Crippen LogP contribution < -0.4 is 4.74 Å². The Hall–Kier alpha value is -1.31. The quantitative estimate of drug-likeness (QED) is 0.623. The summed E-state index contributed by atoms with van der Waals surface area (Å²) in [5.41, 5.74) is 3.27. The zero-order valence-electron chi connectivity index (χ0n) is 8.01. The van der Waals surface area contributed by atoms with Crippen molar-refractivity contribution >= 4 is 5.78 Å². The summed E-state index contributed by atoms with van der Waals surface area (Å²) in [4.78, 5) is 11.8. The third-order valence-corrected chi connectivity index (χ3v) is 3.07. The number of carbonyl (C=O) groups excluding carboxylic acids is 1. The van der Waals surface area contributed by atoms with Gasteiger partial charge in [-0.15, -0.1) is 0 Å². The summed E-state index contributed by atoms with van der Waals surface area (Å²) >= 11 is 0. The monoisotopic (exact) mass is 188 g/mol. The topological polar surface area (TPSA) is 26.3 Å². The second-order valence-corrected chi connectivity index (χ2v) is 3.96. The Labute approximate surface area is 82.9 Å². The van der Waals surface area contributed by atoms with Crippen molar-refractivity contribution in [2.45, 2.75) is 25.7 Å². The van der Waals surface area contributed by atoms with E-state index in [0.29, 0.717) is 6.42 Å². The first-order chi connectivity index (χ1) is 6.86. The van der Waals surface area contributed by atoms with Crippen molar-refractivity contribution in [3.63, 3.8) is 0 Å². The van der Waals surface area contributed by atoms with Crippen LogP contribution in [0, 0.1) is 0 Å². The fourth-order valence-corrected chi connectivity index (χ4v) is 2.37. The van der Waals surface area contributed by atoms with Gasteiger partial charge in [0.25, 0.3) is 0 Å². The average Bonchev–Trinajstić information content (AvgIpc) is 2.65. The van der Waals surface area contributed by atoms with Gasteiger partial charge < -0.3 is 4.74 Å². The highest BCUT2D eigenvalue weighted by Gasteiger charge is 2.26. The molecule has 1 aromatic rings. The second kappa shape index (κ2) is 2.84. The van der Waals surface area contributed by atoms with Crippen LogP contribution in [-0.2, 0) is 12.8 Å². The number of ether oxygens (including phenoxy) is 1. The van der Waals surface area contributed by atoms with Crippen LogP contribution >= 0.6 is 0 Å². The standard InChI is InChI=1S/C12H12O2/c13-10-3-1-2-8-4-5-9-6-7-14-12(9)11(8)10/h4-5H,1-3,6-7H2. The van der Waals surface area contributed by atoms with E-state index in [1.807, 2.05) is 0 Å². The van der Waals surface area contributed by atoms with E-state index in [-0.39, 0.29) is 5.78 Å². The number of Topliss-reactive ketones (excluding diaryl/α,β-unsaturated/α-hetero) is 1. The molecule has 3 rings (SSSR count). The molecule has 0 fully saturated rings. The fraction of sp³-hybridized carbons (Fsp3) is 0.417. The van der Waals surface area contributed by atoms with Crippen molar-refractivity contribution in [3.8, 4) is 5.75 Å². The van der Waals surface area contributed by atoms with E-state index >= 15 is 0 Å². The summed E-state index contributed by atoms with van der Waals surface area (Å²) in [5.74, 6) is 1.15. The van der Waals surface area contributed by atoms with E-state index in [1.165, 1.54) is 11.1 Å². The van der Waals surface area contributed by atoms with Gasteiger partial charge in [-0.25, -0.2) is 0 Å². The van der Waals surface area contributed by atoms with Gasteiger partial charge in [-0.05, 0) is 24.0 Å². The highest BCUT2D eigenvalue weighted by atomic mass is 16.5. The Morgan fingerprint density at radius 1 is 1.07 bits per heavy atom. The molecule has 1 aliphatic heterocycles. The summed E-state index contributed by atoms with van der Waals surface area (Å²) in [7, 11) is 0. The van der Waals surface area contributed by atoms with Crippen molar-refractivity contribution in [3.05, 3.63) is 28.8 Å². The Bertz CT molecular complexity index is 407. The van der Waals surface area contributed by atoms with Gasteiger partial charge in [0, 0.05) is 12.8 Å². The van der Waals surface area contributed by atoms with Gasteiger partial charge in [-0.3, -0.25) is 4.79 Å². The van der Waals surface area contributed by atoms with E-state index in [0.717, 1.165) is 37.2 Å². The number of aryl methyl sites for hydroxylation is 1. The maximum absolute atomic E-state index is 11.8. The minimum Gasteiger partial charge on any atom is -0.492 e. The third kappa shape index (κ3) is 0.999. The summed E-state index contributed by atoms with van der Waals surface area (Å²) in [5, 5.41) is 0. The zero-order chi connectivity index (χ0) is 9.54. The molecule has 2 heteroatoms. The first kappa shape index (κ1) is 8.04. The van der Waals surface area contributed by atoms with Crippen LogP contribution in [0.4, 0.5) is 0 Å². The van der Waals surface area contributed by atoms with Gasteiger partial charge in [0.15, 0.2) is 5.78 Å². The number of ketones is 1. The lowest BCUT2D eigenvalue weighted by Crippen LogP contribution is -2.12. The van der Waals surface area contributed by atoms with Crippen molar-refractivity contribution in [1.29, 1.82) is 0 Å². The van der Waals surface area contributed by atoms with Crippen molar-refractivity contribution in [2.24, 2.45) is 0 Å². The minimum absolute atomic E-state index is 0.269. The molecule has 0 atom stereocenters. The molecule has 0 aromatic heterocycles. The number of fused-ring (bicyclic) bond motifs is 3. The normalized spacial score (nSPS) is 18.7. The molecule has 0 N–H and O–H groups in total. The van der Waals surface area contributed by atoms with Crippen molar-refractivity contribution in [1.82, 2.24) is 0 Å². The molecule has 0 amide bonds. The first-order valence-corrected chi connectivity index (χ1v) is 5.17. The van der Waals surface area contributed by atoms with Crippen LogP contribution in [0.25, 0.3) is 0 Å². The molecule has 2 aliphatic rings. The molecule has 72 valence electrons. The van der Waals surface area contributed by atoms with Crippen LogP contribution in [0.3, 0.4) is 0 Å². The van der Waals surface area contributed by atoms with Gasteiger partial charge in [0.1, 0.15) is 5.75 Å². The van der Waals surface area contributed by atoms with Crippen molar-refractivity contribution in [2.75, 3.05) is 6.61 Å². The van der Waals surface area contributed by atoms with Crippen LogP contribution in [0.2, 0.25) is 0 Å². The molecule has 0 spiro atoms. The first-order valence-electron chi connectivity index (χ1n) is 5.17. The van der Waals surface area contributed by atoms with Crippen LogP contribution in [0.1, 0.15) is 34.3 Å². The Morgan fingerprint density at radius 3 is 2.86 bits per heavy atom. The summed E-state index contributed by atoms with van der Waals surface area (Å²) in [6.07, 6.45) is 3.66. The van der Waals surface area contributed by atoms with Crippen LogP contribution in [0.5, 0.6) is 5.75 Å². The zero-order valence-corrected chi connectivity index (χ0v) is 8.01. The summed E-state index contributed by atoms with van der Waals surface area (Å²) < 4.78 is 5.55. The summed E-state index contributed by atoms with van der Waals surface area (Å²) in [6, 6.07) is 4.21. The summed E-state index contributed by atoms with van der Waals surface area (Å²) in [6.45, 7) is 0.735. The minimum atomic E-state index is 0.269. The van der Waals surface area contributed by atoms with Crippen molar-refractivity contribution < 1.29 is 9.53 Å². The maximum atomic E-state index is 11.8. The number of rotatable bonds is 0. The predicted molar refractivity (Wildman–Crippen MR) is 52.9 cm³/mol. The largest absolute Gasteiger partial charge is 0.492 e. The predicted octanol–water partition coefficient (Wildman–Crippen LogP) is 2.14. The van der Waals surface area contributed by atoms with E-state index in [4.69, 9.17) is 4.74 Å². The Morgan fingerprint density at radius 2 is 1.93 bits per heavy atom. The number of benzene rings is 1. The van der Waals surface area contributed by atoms with Gasteiger partial charge in [-0.2, -0.15) is 0 Å². The second-order valence-electron chi connectivity index (χ2n) is 3.96. The van der Waals surface area contributed by atoms with E-state index in [9.17, 15) is 4.79 Å². The van der Waals surface area contributed by atoms with Crippen LogP contribution in [0.15, 0.2) is 12.1 Å². The van der Waals surface area contributed by atoms with Gasteiger partial charge in [0.2, 0.25) is 0 Å². The molecule has 0 saturated carbocycles. The lowest BCUT2D eigenvalue weighted by atomic mass is 9.88. The molecule has 14 heavy (non-hydrogen) atoms. The van der Waals surface area contributed by atoms with E-state index in [1.54, 1.807) is 0 Å². The number of hydrogen-bond donors (Lipinski definition) is 0. The molecule has 0 unspecified atom stereocenters. The lowest BCUT2D eigenvalue weighted by molar-refractivity contribution is 0.0969.